The van der Waals surface area contributed by atoms with Gasteiger partial charge in [-0.15, -0.1) is 0 Å². The first-order chi connectivity index (χ1) is 9.93. The van der Waals surface area contributed by atoms with Gasteiger partial charge in [0.1, 0.15) is 4.90 Å². The summed E-state index contributed by atoms with van der Waals surface area (Å²) < 4.78 is 26.1. The fourth-order valence-corrected chi connectivity index (χ4v) is 5.58. The van der Waals surface area contributed by atoms with Crippen molar-refractivity contribution in [1.82, 2.24) is 4.31 Å². The predicted molar refractivity (Wildman–Crippen MR) is 77.1 cm³/mol. The van der Waals surface area contributed by atoms with E-state index in [-0.39, 0.29) is 22.1 Å². The Kier molecular flexibility index (Phi) is 3.45. The third kappa shape index (κ3) is 2.22. The molecule has 112 valence electrons. The van der Waals surface area contributed by atoms with Crippen molar-refractivity contribution in [3.05, 3.63) is 29.3 Å². The number of carboxylic acid groups (broad SMARTS) is 1. The van der Waals surface area contributed by atoms with Crippen molar-refractivity contribution in [3.63, 3.8) is 0 Å². The predicted octanol–water partition coefficient (Wildman–Crippen LogP) is 1.42. The number of aromatic carboxylic acids is 1. The van der Waals surface area contributed by atoms with E-state index in [1.165, 1.54) is 12.1 Å². The Hall–Kier alpha value is -1.54. The highest BCUT2D eigenvalue weighted by atomic mass is 32.2. The Labute approximate surface area is 126 Å². The quantitative estimate of drug-likeness (QED) is 0.883. The van der Waals surface area contributed by atoms with E-state index in [2.05, 4.69) is 0 Å². The second kappa shape index (κ2) is 5.03. The van der Waals surface area contributed by atoms with Crippen molar-refractivity contribution in [2.24, 2.45) is 0 Å². The van der Waals surface area contributed by atoms with Crippen LogP contribution in [0.5, 0.6) is 0 Å². The number of hydrogen-bond acceptors (Lipinski definition) is 5. The first-order valence-electron chi connectivity index (χ1n) is 6.47. The first-order valence-corrected chi connectivity index (χ1v) is 9.06. The normalized spacial score (nSPS) is 21.3. The minimum atomic E-state index is -3.94. The number of sulfonamides is 1. The number of carboxylic acids is 1. The highest BCUT2D eigenvalue weighted by molar-refractivity contribution is 7.99. The van der Waals surface area contributed by atoms with E-state index in [0.717, 1.165) is 21.9 Å². The number of nitrogens with zero attached hydrogens (tertiary/aromatic N) is 1. The number of rotatable bonds is 2. The molecule has 1 aromatic rings. The molecule has 0 bridgehead atoms. The van der Waals surface area contributed by atoms with Crippen LogP contribution in [0.3, 0.4) is 0 Å². The summed E-state index contributed by atoms with van der Waals surface area (Å²) in [7, 11) is -3.94. The van der Waals surface area contributed by atoms with Crippen molar-refractivity contribution >= 4 is 33.7 Å². The molecule has 0 atom stereocenters. The summed E-state index contributed by atoms with van der Waals surface area (Å²) >= 11 is 1.74. The van der Waals surface area contributed by atoms with Crippen LogP contribution in [0.15, 0.2) is 23.1 Å². The molecule has 0 radical (unpaired) electrons. The van der Waals surface area contributed by atoms with E-state index in [1.54, 1.807) is 11.8 Å². The molecule has 0 saturated carbocycles. The highest BCUT2D eigenvalue weighted by Crippen LogP contribution is 2.36. The van der Waals surface area contributed by atoms with Crippen molar-refractivity contribution in [2.45, 2.75) is 23.8 Å². The molecule has 1 fully saturated rings. The van der Waals surface area contributed by atoms with Gasteiger partial charge in [0.15, 0.2) is 0 Å². The molecule has 1 N–H and O–H groups in total. The molecule has 21 heavy (non-hydrogen) atoms. The third-order valence-electron chi connectivity index (χ3n) is 3.72. The number of carbonyl (C=O) groups is 2. The molecule has 8 heteroatoms. The summed E-state index contributed by atoms with van der Waals surface area (Å²) in [5.74, 6) is -0.117. The van der Waals surface area contributed by atoms with E-state index in [0.29, 0.717) is 12.8 Å². The van der Waals surface area contributed by atoms with Crippen LogP contribution in [-0.4, -0.2) is 47.3 Å². The standard InChI is InChI=1S/C13H13NO5S2/c15-12-10-2-1-8(13(16)17)7-11(10)21(18,19)14(12)9-3-5-20-6-4-9/h1-2,7,9H,3-6H2,(H,16,17). The molecule has 2 aliphatic rings. The van der Waals surface area contributed by atoms with E-state index in [4.69, 9.17) is 5.11 Å². The largest absolute Gasteiger partial charge is 0.478 e. The van der Waals surface area contributed by atoms with Gasteiger partial charge in [0.05, 0.1) is 17.2 Å². The van der Waals surface area contributed by atoms with Crippen LogP contribution in [0.25, 0.3) is 0 Å². The molecule has 1 aromatic carbocycles. The molecule has 2 aliphatic heterocycles. The van der Waals surface area contributed by atoms with E-state index >= 15 is 0 Å². The lowest BCUT2D eigenvalue weighted by Gasteiger charge is -2.29. The first kappa shape index (κ1) is 14.4. The molecule has 0 spiro atoms. The van der Waals surface area contributed by atoms with Crippen molar-refractivity contribution < 1.29 is 23.1 Å². The summed E-state index contributed by atoms with van der Waals surface area (Å²) in [4.78, 5) is 23.2. The molecular weight excluding hydrogens is 314 g/mol. The molecule has 6 nitrogen and oxygen atoms in total. The fourth-order valence-electron chi connectivity index (χ4n) is 2.66. The lowest BCUT2D eigenvalue weighted by Crippen LogP contribution is -2.41. The van der Waals surface area contributed by atoms with Crippen LogP contribution in [0, 0.1) is 0 Å². The van der Waals surface area contributed by atoms with Gasteiger partial charge in [-0.3, -0.25) is 4.79 Å². The van der Waals surface area contributed by atoms with E-state index in [1.807, 2.05) is 0 Å². The molecule has 1 saturated heterocycles. The van der Waals surface area contributed by atoms with Crippen LogP contribution in [0.1, 0.15) is 33.6 Å². The number of hydrogen-bond donors (Lipinski definition) is 1. The molecule has 0 aromatic heterocycles. The number of benzene rings is 1. The number of amides is 1. The summed E-state index contributed by atoms with van der Waals surface area (Å²) in [6.07, 6.45) is 1.27. The molecule has 2 heterocycles. The Balaban J connectivity index is 2.08. The summed E-state index contributed by atoms with van der Waals surface area (Å²) in [6.45, 7) is 0. The van der Waals surface area contributed by atoms with Crippen molar-refractivity contribution in [3.8, 4) is 0 Å². The second-order valence-corrected chi connectivity index (χ2v) is 7.97. The van der Waals surface area contributed by atoms with E-state index < -0.39 is 21.9 Å². The van der Waals surface area contributed by atoms with Gasteiger partial charge in [-0.1, -0.05) is 0 Å². The Morgan fingerprint density at radius 3 is 2.57 bits per heavy atom. The maximum atomic E-state index is 12.6. The van der Waals surface area contributed by atoms with Gasteiger partial charge in [0, 0.05) is 0 Å². The number of thioether (sulfide) groups is 1. The third-order valence-corrected chi connectivity index (χ3v) is 6.64. The van der Waals surface area contributed by atoms with E-state index in [9.17, 15) is 18.0 Å². The van der Waals surface area contributed by atoms with Crippen LogP contribution in [0.4, 0.5) is 0 Å². The van der Waals surface area contributed by atoms with Gasteiger partial charge < -0.3 is 5.11 Å². The van der Waals surface area contributed by atoms with Crippen LogP contribution < -0.4 is 0 Å². The monoisotopic (exact) mass is 327 g/mol. The molecule has 0 aliphatic carbocycles. The number of carbonyl (C=O) groups excluding carboxylic acids is 1. The SMILES string of the molecule is O=C(O)c1ccc2c(c1)S(=O)(=O)N(C1CCSCC1)C2=O. The van der Waals surface area contributed by atoms with Gasteiger partial charge in [-0.05, 0) is 42.5 Å². The molecule has 0 unspecified atom stereocenters. The van der Waals surface area contributed by atoms with Crippen LogP contribution in [0.2, 0.25) is 0 Å². The van der Waals surface area contributed by atoms with Gasteiger partial charge in [-0.2, -0.15) is 11.8 Å². The zero-order valence-corrected chi connectivity index (χ0v) is 12.6. The van der Waals surface area contributed by atoms with Crippen LogP contribution in [-0.2, 0) is 10.0 Å². The van der Waals surface area contributed by atoms with Gasteiger partial charge in [0.25, 0.3) is 15.9 Å². The fraction of sp³-hybridized carbons (Fsp3) is 0.385. The molecule has 1 amide bonds. The lowest BCUT2D eigenvalue weighted by atomic mass is 10.1. The zero-order chi connectivity index (χ0) is 15.2. The maximum Gasteiger partial charge on any atom is 0.335 e. The van der Waals surface area contributed by atoms with Crippen molar-refractivity contribution in [1.29, 1.82) is 0 Å². The molecular formula is C13H13NO5S2. The van der Waals surface area contributed by atoms with Gasteiger partial charge in [-0.25, -0.2) is 17.5 Å². The topological polar surface area (TPSA) is 91.8 Å². The minimum absolute atomic E-state index is 0.0678. The van der Waals surface area contributed by atoms with Gasteiger partial charge >= 0.3 is 5.97 Å². The smallest absolute Gasteiger partial charge is 0.335 e. The van der Waals surface area contributed by atoms with Crippen LogP contribution >= 0.6 is 11.8 Å². The Morgan fingerprint density at radius 2 is 1.95 bits per heavy atom. The summed E-state index contributed by atoms with van der Waals surface area (Å²) in [5, 5.41) is 8.97. The Morgan fingerprint density at radius 1 is 1.29 bits per heavy atom. The zero-order valence-electron chi connectivity index (χ0n) is 11.0. The van der Waals surface area contributed by atoms with Crippen molar-refractivity contribution in [2.75, 3.05) is 11.5 Å². The lowest BCUT2D eigenvalue weighted by molar-refractivity contribution is 0.0695. The van der Waals surface area contributed by atoms with Gasteiger partial charge in [0.2, 0.25) is 0 Å². The Bertz CT molecular complexity index is 722. The summed E-state index contributed by atoms with van der Waals surface area (Å²) in [6, 6.07) is 3.29. The maximum absolute atomic E-state index is 12.6. The number of fused-ring (bicyclic) bond motifs is 1. The summed E-state index contributed by atoms with van der Waals surface area (Å²) in [5.41, 5.74) is -0.0654. The minimum Gasteiger partial charge on any atom is -0.478 e. The molecule has 3 rings (SSSR count). The average Bonchev–Trinajstić information content (AvgIpc) is 2.66. The average molecular weight is 327 g/mol. The highest BCUT2D eigenvalue weighted by Gasteiger charge is 2.45. The second-order valence-electron chi connectivity index (χ2n) is 4.97.